The van der Waals surface area contributed by atoms with E-state index in [0.29, 0.717) is 10.7 Å². The van der Waals surface area contributed by atoms with E-state index in [0.717, 1.165) is 23.7 Å². The minimum Gasteiger partial charge on any atom is -0.351 e. The van der Waals surface area contributed by atoms with Crippen molar-refractivity contribution in [2.24, 2.45) is 0 Å². The topological polar surface area (TPSA) is 44.9 Å². The van der Waals surface area contributed by atoms with E-state index in [1.54, 1.807) is 0 Å². The maximum Gasteiger partial charge on any atom is 0.268 e. The van der Waals surface area contributed by atoms with Crippen LogP contribution in [0.4, 0.5) is 0 Å². The number of H-pyrrole nitrogens is 1. The van der Waals surface area contributed by atoms with Crippen LogP contribution in [-0.2, 0) is 6.42 Å². The Morgan fingerprint density at radius 2 is 2.05 bits per heavy atom. The SMILES string of the molecule is O=C(NC1CCc2ccccc21)c1cc2cc(Cl)ccc2[nH]1. The summed E-state index contributed by atoms with van der Waals surface area (Å²) >= 11 is 5.99. The van der Waals surface area contributed by atoms with Gasteiger partial charge in [-0.1, -0.05) is 35.9 Å². The number of amides is 1. The minimum atomic E-state index is -0.0750. The molecule has 2 aromatic carbocycles. The number of halogens is 1. The predicted molar refractivity (Wildman–Crippen MR) is 88.3 cm³/mol. The van der Waals surface area contributed by atoms with Gasteiger partial charge in [0.2, 0.25) is 0 Å². The summed E-state index contributed by atoms with van der Waals surface area (Å²) in [5, 5.41) is 4.74. The van der Waals surface area contributed by atoms with Crippen molar-refractivity contribution < 1.29 is 4.79 Å². The highest BCUT2D eigenvalue weighted by molar-refractivity contribution is 6.31. The molecule has 1 aliphatic rings. The molecule has 0 spiro atoms. The van der Waals surface area contributed by atoms with E-state index in [4.69, 9.17) is 11.6 Å². The lowest BCUT2D eigenvalue weighted by molar-refractivity contribution is 0.0932. The number of carbonyl (C=O) groups is 1. The second kappa shape index (κ2) is 5.18. The highest BCUT2D eigenvalue weighted by Crippen LogP contribution is 2.31. The third kappa shape index (κ3) is 2.28. The molecule has 1 unspecified atom stereocenters. The Labute approximate surface area is 133 Å². The number of fused-ring (bicyclic) bond motifs is 2. The summed E-state index contributed by atoms with van der Waals surface area (Å²) in [5.74, 6) is -0.0750. The lowest BCUT2D eigenvalue weighted by atomic mass is 10.1. The van der Waals surface area contributed by atoms with Crippen molar-refractivity contribution in [2.75, 3.05) is 0 Å². The monoisotopic (exact) mass is 310 g/mol. The summed E-state index contributed by atoms with van der Waals surface area (Å²) in [4.78, 5) is 15.6. The van der Waals surface area contributed by atoms with Crippen molar-refractivity contribution in [2.45, 2.75) is 18.9 Å². The Balaban J connectivity index is 1.59. The summed E-state index contributed by atoms with van der Waals surface area (Å²) in [6.07, 6.45) is 1.97. The second-order valence-corrected chi connectivity index (χ2v) is 6.11. The van der Waals surface area contributed by atoms with Gasteiger partial charge in [0.15, 0.2) is 0 Å². The van der Waals surface area contributed by atoms with Crippen LogP contribution in [0.25, 0.3) is 10.9 Å². The van der Waals surface area contributed by atoms with Gasteiger partial charge >= 0.3 is 0 Å². The van der Waals surface area contributed by atoms with Crippen LogP contribution in [0.1, 0.15) is 34.1 Å². The Kier molecular flexibility index (Phi) is 3.16. The first-order valence-electron chi connectivity index (χ1n) is 7.37. The third-order valence-electron chi connectivity index (χ3n) is 4.27. The van der Waals surface area contributed by atoms with Crippen LogP contribution < -0.4 is 5.32 Å². The van der Waals surface area contributed by atoms with Crippen LogP contribution in [0.5, 0.6) is 0 Å². The lowest BCUT2D eigenvalue weighted by Crippen LogP contribution is -2.27. The van der Waals surface area contributed by atoms with Crippen molar-refractivity contribution in [3.63, 3.8) is 0 Å². The molecule has 22 heavy (non-hydrogen) atoms. The van der Waals surface area contributed by atoms with Crippen LogP contribution in [0.15, 0.2) is 48.5 Å². The number of carbonyl (C=O) groups excluding carboxylic acids is 1. The van der Waals surface area contributed by atoms with Gasteiger partial charge in [-0.15, -0.1) is 0 Å². The Bertz CT molecular complexity index is 868. The van der Waals surface area contributed by atoms with E-state index in [2.05, 4.69) is 22.4 Å². The number of hydrogen-bond donors (Lipinski definition) is 2. The number of hydrogen-bond acceptors (Lipinski definition) is 1. The van der Waals surface area contributed by atoms with Crippen LogP contribution in [0, 0.1) is 0 Å². The Morgan fingerprint density at radius 1 is 1.18 bits per heavy atom. The van der Waals surface area contributed by atoms with Crippen molar-refractivity contribution >= 4 is 28.4 Å². The molecule has 0 fully saturated rings. The molecule has 0 radical (unpaired) electrons. The fourth-order valence-corrected chi connectivity index (χ4v) is 3.35. The highest BCUT2D eigenvalue weighted by Gasteiger charge is 2.24. The van der Waals surface area contributed by atoms with Crippen LogP contribution >= 0.6 is 11.6 Å². The average Bonchev–Trinajstić information content (AvgIpc) is 3.11. The molecule has 110 valence electrons. The molecule has 1 heterocycles. The molecule has 0 aliphatic heterocycles. The van der Waals surface area contributed by atoms with E-state index < -0.39 is 0 Å². The van der Waals surface area contributed by atoms with Gasteiger partial charge in [-0.2, -0.15) is 0 Å². The summed E-state index contributed by atoms with van der Waals surface area (Å²) in [5.41, 5.74) is 4.05. The van der Waals surface area contributed by atoms with E-state index in [9.17, 15) is 4.79 Å². The molecule has 1 aromatic heterocycles. The second-order valence-electron chi connectivity index (χ2n) is 5.68. The number of aryl methyl sites for hydroxylation is 1. The van der Waals surface area contributed by atoms with Gasteiger partial charge in [0.05, 0.1) is 6.04 Å². The van der Waals surface area contributed by atoms with E-state index in [1.165, 1.54) is 11.1 Å². The smallest absolute Gasteiger partial charge is 0.268 e. The summed E-state index contributed by atoms with van der Waals surface area (Å²) in [6.45, 7) is 0. The van der Waals surface area contributed by atoms with E-state index in [-0.39, 0.29) is 11.9 Å². The molecule has 1 aliphatic carbocycles. The molecule has 3 aromatic rings. The molecule has 4 heteroatoms. The molecule has 3 nitrogen and oxygen atoms in total. The Hall–Kier alpha value is -2.26. The third-order valence-corrected chi connectivity index (χ3v) is 4.50. The Morgan fingerprint density at radius 3 is 2.95 bits per heavy atom. The number of benzene rings is 2. The zero-order valence-corrected chi connectivity index (χ0v) is 12.7. The van der Waals surface area contributed by atoms with Gasteiger partial charge in [0.25, 0.3) is 5.91 Å². The van der Waals surface area contributed by atoms with Gasteiger partial charge in [0.1, 0.15) is 5.69 Å². The van der Waals surface area contributed by atoms with Gasteiger partial charge in [0, 0.05) is 15.9 Å². The normalized spacial score (nSPS) is 16.7. The summed E-state index contributed by atoms with van der Waals surface area (Å²) in [6, 6.07) is 15.8. The van der Waals surface area contributed by atoms with E-state index in [1.807, 2.05) is 36.4 Å². The van der Waals surface area contributed by atoms with Crippen molar-refractivity contribution in [1.82, 2.24) is 10.3 Å². The average molecular weight is 311 g/mol. The molecule has 0 bridgehead atoms. The number of rotatable bonds is 2. The predicted octanol–water partition coefficient (Wildman–Crippen LogP) is 4.24. The first-order valence-corrected chi connectivity index (χ1v) is 7.75. The largest absolute Gasteiger partial charge is 0.351 e. The molecule has 0 saturated heterocycles. The van der Waals surface area contributed by atoms with Crippen molar-refractivity contribution in [3.05, 3.63) is 70.4 Å². The molecule has 4 rings (SSSR count). The zero-order valence-electron chi connectivity index (χ0n) is 11.9. The van der Waals surface area contributed by atoms with Crippen LogP contribution in [0.2, 0.25) is 5.02 Å². The number of aromatic nitrogens is 1. The van der Waals surface area contributed by atoms with Gasteiger partial charge < -0.3 is 10.3 Å². The highest BCUT2D eigenvalue weighted by atomic mass is 35.5. The minimum absolute atomic E-state index is 0.0750. The first kappa shape index (κ1) is 13.4. The molecule has 0 saturated carbocycles. The fraction of sp³-hybridized carbons (Fsp3) is 0.167. The maximum atomic E-state index is 12.5. The van der Waals surface area contributed by atoms with Crippen LogP contribution in [-0.4, -0.2) is 10.9 Å². The molecular weight excluding hydrogens is 296 g/mol. The van der Waals surface area contributed by atoms with Crippen molar-refractivity contribution in [3.8, 4) is 0 Å². The fourth-order valence-electron chi connectivity index (χ4n) is 3.17. The first-order chi connectivity index (χ1) is 10.7. The molecular formula is C18H15ClN2O. The molecule has 1 atom stereocenters. The summed E-state index contributed by atoms with van der Waals surface area (Å²) in [7, 11) is 0. The quantitative estimate of drug-likeness (QED) is 0.730. The van der Waals surface area contributed by atoms with Crippen LogP contribution in [0.3, 0.4) is 0 Å². The van der Waals surface area contributed by atoms with Gasteiger partial charge in [-0.05, 0) is 48.2 Å². The molecule has 2 N–H and O–H groups in total. The summed E-state index contributed by atoms with van der Waals surface area (Å²) < 4.78 is 0. The zero-order chi connectivity index (χ0) is 15.1. The van der Waals surface area contributed by atoms with Crippen molar-refractivity contribution in [1.29, 1.82) is 0 Å². The standard InChI is InChI=1S/C18H15ClN2O/c19-13-6-8-15-12(9-13)10-17(20-15)18(22)21-16-7-5-11-3-1-2-4-14(11)16/h1-4,6,8-10,16,20H,5,7H2,(H,21,22). The maximum absolute atomic E-state index is 12.5. The van der Waals surface area contributed by atoms with Gasteiger partial charge in [-0.25, -0.2) is 0 Å². The van der Waals surface area contributed by atoms with Gasteiger partial charge in [-0.3, -0.25) is 4.79 Å². The molecule has 1 amide bonds. The van der Waals surface area contributed by atoms with E-state index >= 15 is 0 Å². The number of aromatic amines is 1. The number of nitrogens with one attached hydrogen (secondary N) is 2. The lowest BCUT2D eigenvalue weighted by Gasteiger charge is -2.13.